The highest BCUT2D eigenvalue weighted by molar-refractivity contribution is 5.97. The largest absolute Gasteiger partial charge is 0.497 e. The van der Waals surface area contributed by atoms with E-state index < -0.39 is 6.04 Å². The van der Waals surface area contributed by atoms with E-state index in [4.69, 9.17) is 4.74 Å². The van der Waals surface area contributed by atoms with E-state index in [1.54, 1.807) is 48.4 Å². The van der Waals surface area contributed by atoms with Crippen LogP contribution in [0.25, 0.3) is 0 Å². The number of ether oxygens (including phenoxy) is 1. The van der Waals surface area contributed by atoms with E-state index in [0.717, 1.165) is 5.56 Å². The summed E-state index contributed by atoms with van der Waals surface area (Å²) >= 11 is 0. The number of benzene rings is 2. The lowest BCUT2D eigenvalue weighted by atomic mass is 9.99. The van der Waals surface area contributed by atoms with Crippen LogP contribution >= 0.6 is 0 Å². The van der Waals surface area contributed by atoms with Gasteiger partial charge in [0.2, 0.25) is 11.8 Å². The number of carbonyl (C=O) groups is 2. The summed E-state index contributed by atoms with van der Waals surface area (Å²) in [4.78, 5) is 26.7. The molecule has 0 aromatic heterocycles. The topological polar surface area (TPSA) is 58.6 Å². The van der Waals surface area contributed by atoms with E-state index >= 15 is 0 Å². The summed E-state index contributed by atoms with van der Waals surface area (Å²) in [5, 5.41) is 2.86. The Kier molecular flexibility index (Phi) is 5.51. The molecule has 0 saturated carbocycles. The number of halogens is 1. The van der Waals surface area contributed by atoms with Gasteiger partial charge in [-0.05, 0) is 54.8 Å². The molecule has 1 unspecified atom stereocenters. The van der Waals surface area contributed by atoms with E-state index in [1.165, 1.54) is 12.1 Å². The van der Waals surface area contributed by atoms with Gasteiger partial charge in [-0.25, -0.2) is 4.39 Å². The van der Waals surface area contributed by atoms with Crippen LogP contribution in [0.5, 0.6) is 5.75 Å². The van der Waals surface area contributed by atoms with Crippen molar-refractivity contribution in [2.45, 2.75) is 31.8 Å². The minimum Gasteiger partial charge on any atom is -0.497 e. The summed E-state index contributed by atoms with van der Waals surface area (Å²) in [6.07, 6.45) is 1.71. The number of carbonyl (C=O) groups excluding carboxylic acids is 2. The smallest absolute Gasteiger partial charge is 0.247 e. The average molecular weight is 356 g/mol. The Morgan fingerprint density at radius 1 is 1.19 bits per heavy atom. The molecule has 1 saturated heterocycles. The maximum Gasteiger partial charge on any atom is 0.247 e. The van der Waals surface area contributed by atoms with Gasteiger partial charge in [0, 0.05) is 18.7 Å². The van der Waals surface area contributed by atoms with Crippen LogP contribution in [0.15, 0.2) is 48.5 Å². The molecule has 136 valence electrons. The summed E-state index contributed by atoms with van der Waals surface area (Å²) in [5.74, 6) is 0.0992. The van der Waals surface area contributed by atoms with Gasteiger partial charge in [0.25, 0.3) is 0 Å². The first-order chi connectivity index (χ1) is 12.6. The molecule has 26 heavy (non-hydrogen) atoms. The highest BCUT2D eigenvalue weighted by Gasteiger charge is 2.33. The van der Waals surface area contributed by atoms with E-state index in [1.807, 2.05) is 0 Å². The van der Waals surface area contributed by atoms with Crippen LogP contribution in [0, 0.1) is 5.82 Å². The minimum absolute atomic E-state index is 0.0598. The van der Waals surface area contributed by atoms with Crippen molar-refractivity contribution in [3.63, 3.8) is 0 Å². The molecule has 1 aliphatic rings. The number of nitrogens with zero attached hydrogens (tertiary/aromatic N) is 1. The van der Waals surface area contributed by atoms with Crippen molar-refractivity contribution in [2.24, 2.45) is 0 Å². The number of likely N-dealkylation sites (tertiary alicyclic amines) is 1. The van der Waals surface area contributed by atoms with Crippen LogP contribution in [0.3, 0.4) is 0 Å². The van der Waals surface area contributed by atoms with Crippen molar-refractivity contribution in [1.82, 2.24) is 4.90 Å². The van der Waals surface area contributed by atoms with Crippen molar-refractivity contribution in [2.75, 3.05) is 12.4 Å². The average Bonchev–Trinajstić information content (AvgIpc) is 2.65. The molecule has 1 aliphatic heterocycles. The lowest BCUT2D eigenvalue weighted by Gasteiger charge is -2.34. The fraction of sp³-hybridized carbons (Fsp3) is 0.300. The fourth-order valence-corrected chi connectivity index (χ4v) is 3.08. The zero-order valence-corrected chi connectivity index (χ0v) is 14.6. The van der Waals surface area contributed by atoms with Gasteiger partial charge in [-0.15, -0.1) is 0 Å². The molecule has 2 aromatic rings. The van der Waals surface area contributed by atoms with Gasteiger partial charge < -0.3 is 15.0 Å². The Hall–Kier alpha value is -2.89. The van der Waals surface area contributed by atoms with Gasteiger partial charge in [-0.2, -0.15) is 0 Å². The molecule has 6 heteroatoms. The number of anilines is 1. The molecule has 1 N–H and O–H groups in total. The van der Waals surface area contributed by atoms with E-state index in [-0.39, 0.29) is 17.6 Å². The van der Waals surface area contributed by atoms with Crippen molar-refractivity contribution < 1.29 is 18.7 Å². The Morgan fingerprint density at radius 3 is 2.54 bits per heavy atom. The highest BCUT2D eigenvalue weighted by Crippen LogP contribution is 2.23. The molecule has 0 aliphatic carbocycles. The first kappa shape index (κ1) is 17.9. The Labute approximate surface area is 151 Å². The molecule has 0 spiro atoms. The first-order valence-corrected chi connectivity index (χ1v) is 8.55. The lowest BCUT2D eigenvalue weighted by Crippen LogP contribution is -2.49. The molecular weight excluding hydrogens is 335 g/mol. The molecule has 0 bridgehead atoms. The summed E-state index contributed by atoms with van der Waals surface area (Å²) in [5.41, 5.74) is 1.44. The van der Waals surface area contributed by atoms with Crippen LogP contribution in [0.1, 0.15) is 24.8 Å². The van der Waals surface area contributed by atoms with Crippen LogP contribution in [0.4, 0.5) is 10.1 Å². The Morgan fingerprint density at radius 2 is 1.88 bits per heavy atom. The third-order valence-corrected chi connectivity index (χ3v) is 4.49. The van der Waals surface area contributed by atoms with Crippen molar-refractivity contribution in [3.8, 4) is 5.75 Å². The van der Waals surface area contributed by atoms with Gasteiger partial charge in [-0.1, -0.05) is 12.1 Å². The SMILES string of the molecule is COc1ccc(NC(=O)C2CCCC(=O)N2Cc2ccc(F)cc2)cc1. The predicted octanol–water partition coefficient (Wildman–Crippen LogP) is 3.35. The van der Waals surface area contributed by atoms with Crippen molar-refractivity contribution in [1.29, 1.82) is 0 Å². The zero-order valence-electron chi connectivity index (χ0n) is 14.6. The molecule has 1 atom stereocenters. The van der Waals surface area contributed by atoms with Crippen molar-refractivity contribution in [3.05, 3.63) is 59.9 Å². The van der Waals surface area contributed by atoms with Crippen LogP contribution in [-0.4, -0.2) is 29.9 Å². The number of hydrogen-bond acceptors (Lipinski definition) is 3. The summed E-state index contributed by atoms with van der Waals surface area (Å²) in [7, 11) is 1.58. The van der Waals surface area contributed by atoms with Gasteiger partial charge >= 0.3 is 0 Å². The summed E-state index contributed by atoms with van der Waals surface area (Å²) < 4.78 is 18.2. The minimum atomic E-state index is -0.539. The number of hydrogen-bond donors (Lipinski definition) is 1. The van der Waals surface area contributed by atoms with Crippen LogP contribution in [-0.2, 0) is 16.1 Å². The normalized spacial score (nSPS) is 17.1. The lowest BCUT2D eigenvalue weighted by molar-refractivity contribution is -0.142. The van der Waals surface area contributed by atoms with Crippen LogP contribution < -0.4 is 10.1 Å². The molecular formula is C20H21FN2O3. The third kappa shape index (κ3) is 4.20. The third-order valence-electron chi connectivity index (χ3n) is 4.49. The second-order valence-corrected chi connectivity index (χ2v) is 6.27. The number of rotatable bonds is 5. The zero-order chi connectivity index (χ0) is 18.5. The maximum atomic E-state index is 13.1. The fourth-order valence-electron chi connectivity index (χ4n) is 3.08. The van der Waals surface area contributed by atoms with Crippen molar-refractivity contribution >= 4 is 17.5 Å². The predicted molar refractivity (Wildman–Crippen MR) is 96.2 cm³/mol. The number of amides is 2. The summed E-state index contributed by atoms with van der Waals surface area (Å²) in [6, 6.07) is 12.5. The van der Waals surface area contributed by atoms with Gasteiger partial charge in [0.1, 0.15) is 17.6 Å². The molecule has 1 heterocycles. The Bertz CT molecular complexity index is 775. The molecule has 3 rings (SSSR count). The van der Waals surface area contributed by atoms with Crippen LogP contribution in [0.2, 0.25) is 0 Å². The summed E-state index contributed by atoms with van der Waals surface area (Å²) in [6.45, 7) is 0.291. The molecule has 0 radical (unpaired) electrons. The van der Waals surface area contributed by atoms with E-state index in [0.29, 0.717) is 37.2 Å². The first-order valence-electron chi connectivity index (χ1n) is 8.55. The van der Waals surface area contributed by atoms with Gasteiger partial charge in [0.15, 0.2) is 0 Å². The number of methoxy groups -OCH3 is 1. The number of piperidine rings is 1. The molecule has 2 amide bonds. The molecule has 2 aromatic carbocycles. The quantitative estimate of drug-likeness (QED) is 0.894. The highest BCUT2D eigenvalue weighted by atomic mass is 19.1. The molecule has 1 fully saturated rings. The molecule has 5 nitrogen and oxygen atoms in total. The second kappa shape index (κ2) is 7.99. The monoisotopic (exact) mass is 356 g/mol. The van der Waals surface area contributed by atoms with Gasteiger partial charge in [-0.3, -0.25) is 9.59 Å². The Balaban J connectivity index is 1.72. The van der Waals surface area contributed by atoms with E-state index in [9.17, 15) is 14.0 Å². The second-order valence-electron chi connectivity index (χ2n) is 6.27. The van der Waals surface area contributed by atoms with E-state index in [2.05, 4.69) is 5.32 Å². The maximum absolute atomic E-state index is 13.1. The van der Waals surface area contributed by atoms with Gasteiger partial charge in [0.05, 0.1) is 7.11 Å². The number of nitrogens with one attached hydrogen (secondary N) is 1. The standard InChI is InChI=1S/C20H21FN2O3/c1-26-17-11-9-16(10-12-17)22-20(25)18-3-2-4-19(24)23(18)13-14-5-7-15(21)8-6-14/h5-12,18H,2-4,13H2,1H3,(H,22,25).